The molecule has 0 atom stereocenters. The number of carbonyl (C=O) groups is 1. The van der Waals surface area contributed by atoms with Crippen molar-refractivity contribution in [2.75, 3.05) is 18.0 Å². The lowest BCUT2D eigenvalue weighted by molar-refractivity contribution is -0.384. The van der Waals surface area contributed by atoms with E-state index in [4.69, 9.17) is 0 Å². The van der Waals surface area contributed by atoms with E-state index in [1.165, 1.54) is 6.07 Å². The molecule has 154 valence electrons. The fourth-order valence-electron chi connectivity index (χ4n) is 4.91. The normalized spacial score (nSPS) is 21.9. The maximum absolute atomic E-state index is 12.8. The Morgan fingerprint density at radius 2 is 1.75 bits per heavy atom. The Bertz CT molecular complexity index is 738. The summed E-state index contributed by atoms with van der Waals surface area (Å²) >= 11 is 0. The molecule has 2 heterocycles. The van der Waals surface area contributed by atoms with Crippen LogP contribution in [0.1, 0.15) is 70.2 Å². The molecule has 1 amide bonds. The summed E-state index contributed by atoms with van der Waals surface area (Å²) < 4.78 is 0. The molecule has 0 saturated carbocycles. The van der Waals surface area contributed by atoms with E-state index >= 15 is 0 Å². The number of hydrogen-bond donors (Lipinski definition) is 2. The zero-order valence-corrected chi connectivity index (χ0v) is 17.4. The Morgan fingerprint density at radius 3 is 2.32 bits per heavy atom. The summed E-state index contributed by atoms with van der Waals surface area (Å²) in [4.78, 5) is 26.1. The largest absolute Gasteiger partial charge is 0.366 e. The monoisotopic (exact) mass is 388 g/mol. The molecular formula is C21H32N4O3. The van der Waals surface area contributed by atoms with Crippen LogP contribution < -0.4 is 15.5 Å². The van der Waals surface area contributed by atoms with Crippen molar-refractivity contribution in [3.8, 4) is 0 Å². The third kappa shape index (κ3) is 4.82. The lowest BCUT2D eigenvalue weighted by Crippen LogP contribution is -2.62. The number of rotatable bonds is 4. The molecule has 3 rings (SSSR count). The van der Waals surface area contributed by atoms with Gasteiger partial charge >= 0.3 is 0 Å². The zero-order chi connectivity index (χ0) is 20.5. The van der Waals surface area contributed by atoms with E-state index in [9.17, 15) is 14.9 Å². The minimum atomic E-state index is -0.378. The summed E-state index contributed by atoms with van der Waals surface area (Å²) in [5, 5.41) is 18.3. The van der Waals surface area contributed by atoms with Crippen molar-refractivity contribution in [1.29, 1.82) is 0 Å². The zero-order valence-electron chi connectivity index (χ0n) is 17.4. The fourth-order valence-corrected chi connectivity index (χ4v) is 4.91. The average molecular weight is 389 g/mol. The molecule has 7 nitrogen and oxygen atoms in total. The number of nitrogens with zero attached hydrogens (tertiary/aromatic N) is 2. The average Bonchev–Trinajstić information content (AvgIpc) is 2.59. The molecule has 7 heteroatoms. The molecular weight excluding hydrogens is 356 g/mol. The number of nitrogens with one attached hydrogen (secondary N) is 2. The van der Waals surface area contributed by atoms with Crippen LogP contribution in [0.25, 0.3) is 0 Å². The maximum atomic E-state index is 12.8. The van der Waals surface area contributed by atoms with Crippen LogP contribution in [0.15, 0.2) is 18.2 Å². The maximum Gasteiger partial charge on any atom is 0.293 e. The van der Waals surface area contributed by atoms with Crippen molar-refractivity contribution in [3.05, 3.63) is 33.9 Å². The molecule has 0 spiro atoms. The molecule has 2 aliphatic rings. The van der Waals surface area contributed by atoms with Crippen LogP contribution >= 0.6 is 0 Å². The molecule has 2 fully saturated rings. The number of carbonyl (C=O) groups excluding carboxylic acids is 1. The number of nitro benzene ring substituents is 1. The van der Waals surface area contributed by atoms with Crippen LogP contribution in [0.4, 0.5) is 11.4 Å². The second-order valence-electron chi connectivity index (χ2n) is 9.48. The number of anilines is 1. The van der Waals surface area contributed by atoms with Crippen LogP contribution in [-0.4, -0.2) is 41.0 Å². The molecule has 0 radical (unpaired) electrons. The standard InChI is InChI=1S/C21H32N4O3/c1-20(2)13-16(14-21(3,4)23-20)22-19(26)15-8-9-17(18(12-15)25(27)28)24-10-6-5-7-11-24/h8-9,12,16,23H,5-7,10-11,13-14H2,1-4H3,(H,22,26). The van der Waals surface area contributed by atoms with Gasteiger partial charge in [-0.25, -0.2) is 0 Å². The van der Waals surface area contributed by atoms with Crippen molar-refractivity contribution in [1.82, 2.24) is 10.6 Å². The summed E-state index contributed by atoms with van der Waals surface area (Å²) in [5.41, 5.74) is 0.820. The Labute approximate surface area is 167 Å². The first kappa shape index (κ1) is 20.6. The highest BCUT2D eigenvalue weighted by Gasteiger charge is 2.38. The van der Waals surface area contributed by atoms with Crippen molar-refractivity contribution in [2.45, 2.75) is 76.9 Å². The molecule has 28 heavy (non-hydrogen) atoms. The smallest absolute Gasteiger partial charge is 0.293 e. The molecule has 2 saturated heterocycles. The Balaban J connectivity index is 1.78. The first-order valence-corrected chi connectivity index (χ1v) is 10.2. The van der Waals surface area contributed by atoms with Gasteiger partial charge in [-0.1, -0.05) is 0 Å². The van der Waals surface area contributed by atoms with Gasteiger partial charge in [-0.05, 0) is 71.9 Å². The topological polar surface area (TPSA) is 87.5 Å². The van der Waals surface area contributed by atoms with Gasteiger partial charge < -0.3 is 15.5 Å². The first-order valence-electron chi connectivity index (χ1n) is 10.2. The molecule has 0 unspecified atom stereocenters. The Kier molecular flexibility index (Phi) is 5.66. The molecule has 1 aromatic rings. The molecule has 0 bridgehead atoms. The Hall–Kier alpha value is -2.15. The van der Waals surface area contributed by atoms with Crippen LogP contribution in [-0.2, 0) is 0 Å². The van der Waals surface area contributed by atoms with E-state index in [1.54, 1.807) is 12.1 Å². The van der Waals surface area contributed by atoms with Gasteiger partial charge in [0.1, 0.15) is 5.69 Å². The predicted molar refractivity (Wildman–Crippen MR) is 111 cm³/mol. The van der Waals surface area contributed by atoms with Crippen LogP contribution in [0, 0.1) is 10.1 Å². The molecule has 2 aliphatic heterocycles. The number of amides is 1. The fraction of sp³-hybridized carbons (Fsp3) is 0.667. The van der Waals surface area contributed by atoms with Crippen molar-refractivity contribution >= 4 is 17.3 Å². The van der Waals surface area contributed by atoms with Gasteiger partial charge in [0.25, 0.3) is 11.6 Å². The minimum Gasteiger partial charge on any atom is -0.366 e. The van der Waals surface area contributed by atoms with E-state index < -0.39 is 0 Å². The van der Waals surface area contributed by atoms with Gasteiger partial charge in [0.15, 0.2) is 0 Å². The molecule has 0 aliphatic carbocycles. The third-order valence-corrected chi connectivity index (χ3v) is 5.66. The lowest BCUT2D eigenvalue weighted by atomic mass is 9.79. The second-order valence-corrected chi connectivity index (χ2v) is 9.48. The van der Waals surface area contributed by atoms with E-state index in [-0.39, 0.29) is 33.6 Å². The predicted octanol–water partition coefficient (Wildman–Crippen LogP) is 3.62. The summed E-state index contributed by atoms with van der Waals surface area (Å²) in [6.07, 6.45) is 4.88. The van der Waals surface area contributed by atoms with Crippen molar-refractivity contribution in [3.63, 3.8) is 0 Å². The summed E-state index contributed by atoms with van der Waals surface area (Å²) in [6.45, 7) is 10.2. The van der Waals surface area contributed by atoms with Crippen molar-refractivity contribution in [2.24, 2.45) is 0 Å². The summed E-state index contributed by atoms with van der Waals surface area (Å²) in [7, 11) is 0. The quantitative estimate of drug-likeness (QED) is 0.607. The van der Waals surface area contributed by atoms with Gasteiger partial charge in [0.05, 0.1) is 4.92 Å². The second kappa shape index (κ2) is 7.70. The third-order valence-electron chi connectivity index (χ3n) is 5.66. The van der Waals surface area contributed by atoms with Crippen LogP contribution in [0.5, 0.6) is 0 Å². The van der Waals surface area contributed by atoms with E-state index in [0.717, 1.165) is 45.2 Å². The summed E-state index contributed by atoms with van der Waals surface area (Å²) in [5.74, 6) is -0.244. The van der Waals surface area contributed by atoms with Gasteiger partial charge in [0.2, 0.25) is 0 Å². The van der Waals surface area contributed by atoms with Gasteiger partial charge in [-0.15, -0.1) is 0 Å². The van der Waals surface area contributed by atoms with E-state index in [0.29, 0.717) is 11.3 Å². The molecule has 2 N–H and O–H groups in total. The number of piperidine rings is 2. The number of nitro groups is 1. The number of hydrogen-bond acceptors (Lipinski definition) is 5. The SMILES string of the molecule is CC1(C)CC(NC(=O)c2ccc(N3CCCCC3)c([N+](=O)[O-])c2)CC(C)(C)N1. The van der Waals surface area contributed by atoms with Gasteiger partial charge in [0, 0.05) is 41.8 Å². The highest BCUT2D eigenvalue weighted by atomic mass is 16.6. The number of benzene rings is 1. The van der Waals surface area contributed by atoms with E-state index in [2.05, 4.69) is 43.2 Å². The highest BCUT2D eigenvalue weighted by Crippen LogP contribution is 2.32. The summed E-state index contributed by atoms with van der Waals surface area (Å²) in [6, 6.07) is 4.90. The van der Waals surface area contributed by atoms with Gasteiger partial charge in [-0.3, -0.25) is 14.9 Å². The van der Waals surface area contributed by atoms with Crippen molar-refractivity contribution < 1.29 is 9.72 Å². The Morgan fingerprint density at radius 1 is 1.14 bits per heavy atom. The molecule has 1 aromatic carbocycles. The minimum absolute atomic E-state index is 0.0144. The highest BCUT2D eigenvalue weighted by molar-refractivity contribution is 5.96. The van der Waals surface area contributed by atoms with Gasteiger partial charge in [-0.2, -0.15) is 0 Å². The van der Waals surface area contributed by atoms with Crippen LogP contribution in [0.2, 0.25) is 0 Å². The lowest BCUT2D eigenvalue weighted by Gasteiger charge is -2.46. The molecule has 0 aromatic heterocycles. The van der Waals surface area contributed by atoms with E-state index in [1.807, 2.05) is 0 Å². The van der Waals surface area contributed by atoms with Crippen LogP contribution in [0.3, 0.4) is 0 Å². The first-order chi connectivity index (χ1) is 13.1.